The number of aromatic nitrogens is 1. The fourth-order valence-electron chi connectivity index (χ4n) is 3.64. The number of allylic oxidation sites excluding steroid dienone is 1. The second kappa shape index (κ2) is 13.1. The molecule has 1 aliphatic rings. The minimum absolute atomic E-state index is 0.0587. The van der Waals surface area contributed by atoms with Gasteiger partial charge in [-0.2, -0.15) is 0 Å². The number of imide groups is 1. The van der Waals surface area contributed by atoms with E-state index in [4.69, 9.17) is 9.15 Å². The molecule has 0 aliphatic carbocycles. The van der Waals surface area contributed by atoms with E-state index in [1.165, 1.54) is 43.7 Å². The van der Waals surface area contributed by atoms with E-state index in [9.17, 15) is 14.7 Å². The summed E-state index contributed by atoms with van der Waals surface area (Å²) in [5.74, 6) is 0.779. The smallest absolute Gasteiger partial charge is 0.416 e. The quantitative estimate of drug-likeness (QED) is 0.514. The summed E-state index contributed by atoms with van der Waals surface area (Å²) in [6.07, 6.45) is 8.30. The molecule has 1 saturated heterocycles. The van der Waals surface area contributed by atoms with Crippen LogP contribution in [-0.2, 0) is 28.2 Å². The number of furan rings is 1. The first kappa shape index (κ1) is 24.9. The summed E-state index contributed by atoms with van der Waals surface area (Å²) in [5, 5.41) is 10.4. The van der Waals surface area contributed by atoms with Crippen LogP contribution in [0.4, 0.5) is 4.79 Å². The monoisotopic (exact) mass is 473 g/mol. The molecule has 2 amide bonds. The van der Waals surface area contributed by atoms with E-state index in [2.05, 4.69) is 9.88 Å². The number of ether oxygens (including phenoxy) is 1. The number of piperidine rings is 1. The molecule has 8 nitrogen and oxygen atoms in total. The first-order valence-corrected chi connectivity index (χ1v) is 12.2. The molecule has 1 fully saturated rings. The van der Waals surface area contributed by atoms with Crippen LogP contribution in [0, 0.1) is 0 Å². The van der Waals surface area contributed by atoms with Crippen molar-refractivity contribution in [2.45, 2.75) is 38.0 Å². The fraction of sp³-hybridized carbons (Fsp3) is 0.458. The zero-order valence-corrected chi connectivity index (χ0v) is 19.8. The van der Waals surface area contributed by atoms with E-state index in [1.807, 2.05) is 18.2 Å². The number of rotatable bonds is 10. The SMILES string of the molecule is COC(=O)N(C/C(O)=C/Cc1cc(CN2CCCCC2)ccn1)C(=O)CSCc1ccco1. The van der Waals surface area contributed by atoms with E-state index in [0.29, 0.717) is 12.2 Å². The lowest BCUT2D eigenvalue weighted by atomic mass is 10.1. The highest BCUT2D eigenvalue weighted by atomic mass is 32.2. The highest BCUT2D eigenvalue weighted by Crippen LogP contribution is 2.15. The van der Waals surface area contributed by atoms with Crippen LogP contribution < -0.4 is 0 Å². The summed E-state index contributed by atoms with van der Waals surface area (Å²) in [6.45, 7) is 2.89. The highest BCUT2D eigenvalue weighted by Gasteiger charge is 2.23. The molecule has 33 heavy (non-hydrogen) atoms. The van der Waals surface area contributed by atoms with Gasteiger partial charge in [0.1, 0.15) is 11.5 Å². The maximum Gasteiger partial charge on any atom is 0.416 e. The van der Waals surface area contributed by atoms with Gasteiger partial charge in [-0.05, 0) is 61.8 Å². The minimum Gasteiger partial charge on any atom is -0.511 e. The normalized spacial score (nSPS) is 14.8. The summed E-state index contributed by atoms with van der Waals surface area (Å²) < 4.78 is 9.96. The van der Waals surface area contributed by atoms with E-state index in [-0.39, 0.29) is 18.1 Å². The van der Waals surface area contributed by atoms with Crippen LogP contribution >= 0.6 is 11.8 Å². The van der Waals surface area contributed by atoms with Gasteiger partial charge in [0.15, 0.2) is 0 Å². The molecular weight excluding hydrogens is 442 g/mol. The van der Waals surface area contributed by atoms with E-state index < -0.39 is 12.0 Å². The fourth-order valence-corrected chi connectivity index (χ4v) is 4.44. The molecule has 0 radical (unpaired) electrons. The Balaban J connectivity index is 1.53. The summed E-state index contributed by atoms with van der Waals surface area (Å²) in [6, 6.07) is 7.64. The number of hydrogen-bond acceptors (Lipinski definition) is 8. The molecule has 0 unspecified atom stereocenters. The van der Waals surface area contributed by atoms with Crippen LogP contribution in [0.1, 0.15) is 36.3 Å². The van der Waals surface area contributed by atoms with Crippen molar-refractivity contribution in [1.29, 1.82) is 0 Å². The van der Waals surface area contributed by atoms with Gasteiger partial charge in [0.2, 0.25) is 5.91 Å². The van der Waals surface area contributed by atoms with Crippen molar-refractivity contribution in [3.8, 4) is 0 Å². The first-order chi connectivity index (χ1) is 16.0. The molecule has 178 valence electrons. The van der Waals surface area contributed by atoms with Gasteiger partial charge in [-0.15, -0.1) is 11.8 Å². The molecular formula is C24H31N3O5S. The van der Waals surface area contributed by atoms with Gasteiger partial charge in [0.25, 0.3) is 0 Å². The number of methoxy groups -OCH3 is 1. The zero-order chi connectivity index (χ0) is 23.5. The standard InChI is InChI=1S/C24H31N3O5S/c1-31-24(30)27(23(29)18-33-17-22-6-5-13-32-22)16-21(28)8-7-20-14-19(9-10-25-20)15-26-11-3-2-4-12-26/h5-6,8-10,13-14,28H,2-4,7,11-12,15-18H2,1H3/b21-8-. The van der Waals surface area contributed by atoms with Crippen molar-refractivity contribution >= 4 is 23.8 Å². The number of nitrogens with zero attached hydrogens (tertiary/aromatic N) is 3. The van der Waals surface area contributed by atoms with Gasteiger partial charge in [-0.1, -0.05) is 6.42 Å². The third-order valence-electron chi connectivity index (χ3n) is 5.35. The summed E-state index contributed by atoms with van der Waals surface area (Å²) in [4.78, 5) is 32.3. The Morgan fingerprint density at radius 3 is 2.85 bits per heavy atom. The van der Waals surface area contributed by atoms with E-state index >= 15 is 0 Å². The molecule has 0 aromatic carbocycles. The molecule has 3 rings (SSSR count). The van der Waals surface area contributed by atoms with Gasteiger partial charge in [0, 0.05) is 24.9 Å². The molecule has 0 bridgehead atoms. The average Bonchev–Trinajstić information content (AvgIpc) is 3.35. The van der Waals surface area contributed by atoms with Crippen LogP contribution in [0.15, 0.2) is 53.0 Å². The first-order valence-electron chi connectivity index (χ1n) is 11.1. The second-order valence-electron chi connectivity index (χ2n) is 7.91. The van der Waals surface area contributed by atoms with Gasteiger partial charge < -0.3 is 14.3 Å². The number of aliphatic hydroxyl groups excluding tert-OH is 1. The number of pyridine rings is 1. The van der Waals surface area contributed by atoms with Crippen LogP contribution in [0.2, 0.25) is 0 Å². The van der Waals surface area contributed by atoms with Crippen molar-refractivity contribution in [3.63, 3.8) is 0 Å². The summed E-state index contributed by atoms with van der Waals surface area (Å²) in [5.41, 5.74) is 2.01. The topological polar surface area (TPSA) is 96.1 Å². The number of thioether (sulfide) groups is 1. The maximum absolute atomic E-state index is 12.5. The minimum atomic E-state index is -0.805. The van der Waals surface area contributed by atoms with Crippen molar-refractivity contribution in [1.82, 2.24) is 14.8 Å². The lowest BCUT2D eigenvalue weighted by Gasteiger charge is -2.26. The van der Waals surface area contributed by atoms with Crippen LogP contribution in [-0.4, -0.2) is 64.4 Å². The van der Waals surface area contributed by atoms with Crippen molar-refractivity contribution in [2.75, 3.05) is 32.5 Å². The molecule has 0 saturated carbocycles. The van der Waals surface area contributed by atoms with Gasteiger partial charge >= 0.3 is 6.09 Å². The lowest BCUT2D eigenvalue weighted by molar-refractivity contribution is -0.126. The molecule has 0 atom stereocenters. The number of carbonyl (C=O) groups excluding carboxylic acids is 2. The Hall–Kier alpha value is -2.78. The Morgan fingerprint density at radius 2 is 2.12 bits per heavy atom. The van der Waals surface area contributed by atoms with Crippen LogP contribution in [0.3, 0.4) is 0 Å². The zero-order valence-electron chi connectivity index (χ0n) is 18.9. The molecule has 1 N–H and O–H groups in total. The average molecular weight is 474 g/mol. The maximum atomic E-state index is 12.5. The van der Waals surface area contributed by atoms with Crippen LogP contribution in [0.25, 0.3) is 0 Å². The van der Waals surface area contributed by atoms with Gasteiger partial charge in [0.05, 0.1) is 31.4 Å². The van der Waals surface area contributed by atoms with Gasteiger partial charge in [-0.3, -0.25) is 14.7 Å². The predicted molar refractivity (Wildman–Crippen MR) is 127 cm³/mol. The number of likely N-dealkylation sites (tertiary alicyclic amines) is 1. The Kier molecular flexibility index (Phi) is 9.83. The Bertz CT molecular complexity index is 926. The number of carbonyl (C=O) groups is 2. The Morgan fingerprint density at radius 1 is 1.30 bits per heavy atom. The Labute approximate surface area is 198 Å². The van der Waals surface area contributed by atoms with Crippen molar-refractivity contribution in [2.24, 2.45) is 0 Å². The lowest BCUT2D eigenvalue weighted by Crippen LogP contribution is -2.39. The van der Waals surface area contributed by atoms with E-state index in [1.54, 1.807) is 24.6 Å². The molecule has 3 heterocycles. The third kappa shape index (κ3) is 8.25. The molecule has 0 spiro atoms. The number of aliphatic hydroxyl groups is 1. The number of hydrogen-bond donors (Lipinski definition) is 1. The molecule has 2 aromatic rings. The molecule has 9 heteroatoms. The van der Waals surface area contributed by atoms with Gasteiger partial charge in [-0.25, -0.2) is 9.69 Å². The third-order valence-corrected chi connectivity index (χ3v) is 6.29. The molecule has 2 aromatic heterocycles. The second-order valence-corrected chi connectivity index (χ2v) is 8.90. The van der Waals surface area contributed by atoms with Crippen LogP contribution in [0.5, 0.6) is 0 Å². The largest absolute Gasteiger partial charge is 0.511 e. The highest BCUT2D eigenvalue weighted by molar-refractivity contribution is 7.99. The molecule has 1 aliphatic heterocycles. The van der Waals surface area contributed by atoms with Crippen molar-refractivity contribution in [3.05, 3.63) is 65.6 Å². The van der Waals surface area contributed by atoms with Crippen molar-refractivity contribution < 1.29 is 23.8 Å². The predicted octanol–water partition coefficient (Wildman–Crippen LogP) is 4.17. The number of amides is 2. The summed E-state index contributed by atoms with van der Waals surface area (Å²) in [7, 11) is 1.21. The van der Waals surface area contributed by atoms with E-state index in [0.717, 1.165) is 36.0 Å². The summed E-state index contributed by atoms with van der Waals surface area (Å²) >= 11 is 1.32.